The number of nitrogens with one attached hydrogen (secondary N) is 1. The van der Waals surface area contributed by atoms with Gasteiger partial charge in [-0.25, -0.2) is 14.4 Å². The van der Waals surface area contributed by atoms with Crippen LogP contribution >= 0.6 is 0 Å². The molecule has 0 saturated carbocycles. The fraction of sp³-hybridized carbons (Fsp3) is 0.136. The first-order chi connectivity index (χ1) is 13.1. The van der Waals surface area contributed by atoms with E-state index in [9.17, 15) is 4.39 Å². The number of nitrogens with zero attached hydrogens (tertiary/aromatic N) is 3. The minimum Gasteiger partial charge on any atom is -0.323 e. The minimum absolute atomic E-state index is 0.248. The lowest BCUT2D eigenvalue weighted by Crippen LogP contribution is -1.96. The highest BCUT2D eigenvalue weighted by molar-refractivity contribution is 6.02. The lowest BCUT2D eigenvalue weighted by Gasteiger charge is -2.07. The summed E-state index contributed by atoms with van der Waals surface area (Å²) in [5.74, 6) is 0.270. The lowest BCUT2D eigenvalue weighted by atomic mass is 10.0. The first-order valence-electron chi connectivity index (χ1n) is 8.50. The Morgan fingerprint density at radius 1 is 1.04 bits per heavy atom. The second kappa shape index (κ2) is 10.1. The van der Waals surface area contributed by atoms with Crippen LogP contribution in [0.4, 0.5) is 10.1 Å². The molecule has 0 aliphatic carbocycles. The summed E-state index contributed by atoms with van der Waals surface area (Å²) in [7, 11) is 3.75. The summed E-state index contributed by atoms with van der Waals surface area (Å²) in [6.45, 7) is 5.55. The minimum atomic E-state index is -0.248. The highest BCUT2D eigenvalue weighted by Gasteiger charge is 2.06. The van der Waals surface area contributed by atoms with E-state index in [1.54, 1.807) is 18.5 Å². The number of halogens is 1. The molecule has 0 radical (unpaired) electrons. The first-order valence-corrected chi connectivity index (χ1v) is 8.50. The van der Waals surface area contributed by atoms with Crippen molar-refractivity contribution in [2.75, 3.05) is 14.1 Å². The average Bonchev–Trinajstić information content (AvgIpc) is 2.68. The van der Waals surface area contributed by atoms with E-state index in [2.05, 4.69) is 27.0 Å². The fourth-order valence-corrected chi connectivity index (χ4v) is 2.43. The normalized spacial score (nSPS) is 10.7. The maximum atomic E-state index is 13.4. The van der Waals surface area contributed by atoms with E-state index in [0.29, 0.717) is 5.84 Å². The quantitative estimate of drug-likeness (QED) is 0.537. The van der Waals surface area contributed by atoms with Crippen LogP contribution in [-0.4, -0.2) is 31.6 Å². The number of aryl methyl sites for hydroxylation is 1. The smallest absolute Gasteiger partial charge is 0.160 e. The predicted octanol–water partition coefficient (Wildman–Crippen LogP) is 4.81. The van der Waals surface area contributed by atoms with E-state index in [1.807, 2.05) is 57.4 Å². The predicted molar refractivity (Wildman–Crippen MR) is 112 cm³/mol. The summed E-state index contributed by atoms with van der Waals surface area (Å²) in [4.78, 5) is 12.6. The molecule has 0 amide bonds. The van der Waals surface area contributed by atoms with Gasteiger partial charge in [-0.1, -0.05) is 18.2 Å². The lowest BCUT2D eigenvalue weighted by molar-refractivity contribution is 0.628. The van der Waals surface area contributed by atoms with Crippen LogP contribution < -0.4 is 5.32 Å². The summed E-state index contributed by atoms with van der Waals surface area (Å²) < 4.78 is 13.4. The van der Waals surface area contributed by atoms with Crippen LogP contribution in [-0.2, 0) is 0 Å². The third-order valence-electron chi connectivity index (χ3n) is 3.65. The monoisotopic (exact) mass is 362 g/mol. The van der Waals surface area contributed by atoms with Crippen molar-refractivity contribution < 1.29 is 4.39 Å². The summed E-state index contributed by atoms with van der Waals surface area (Å²) in [6, 6.07) is 16.1. The number of hydrogen-bond donors (Lipinski definition) is 1. The third kappa shape index (κ3) is 5.66. The van der Waals surface area contributed by atoms with Crippen molar-refractivity contribution in [2.45, 2.75) is 6.92 Å². The van der Waals surface area contributed by atoms with Crippen LogP contribution in [0, 0.1) is 12.7 Å². The summed E-state index contributed by atoms with van der Waals surface area (Å²) in [5.41, 5.74) is 4.35. The Morgan fingerprint density at radius 3 is 2.37 bits per heavy atom. The summed E-state index contributed by atoms with van der Waals surface area (Å²) >= 11 is 0. The number of amidine groups is 1. The Morgan fingerprint density at radius 2 is 1.78 bits per heavy atom. The van der Waals surface area contributed by atoms with Gasteiger partial charge >= 0.3 is 0 Å². The number of hydrogen-bond acceptors (Lipinski definition) is 3. The molecule has 5 heteroatoms. The maximum Gasteiger partial charge on any atom is 0.160 e. The van der Waals surface area contributed by atoms with Crippen LogP contribution in [0.3, 0.4) is 0 Å². The number of pyridine rings is 1. The highest BCUT2D eigenvalue weighted by Crippen LogP contribution is 2.27. The Kier molecular flexibility index (Phi) is 7.52. The largest absolute Gasteiger partial charge is 0.323 e. The molecule has 2 aromatic carbocycles. The van der Waals surface area contributed by atoms with Gasteiger partial charge in [-0.05, 0) is 80.8 Å². The van der Waals surface area contributed by atoms with Crippen molar-refractivity contribution in [2.24, 2.45) is 9.98 Å². The van der Waals surface area contributed by atoms with E-state index >= 15 is 0 Å². The molecule has 1 heterocycles. The SMILES string of the molecule is C=NC(=Nc1ccc(-c2cccc(F)c2)cc1C)c1cccnc1.CNC. The molecule has 0 unspecified atom stereocenters. The van der Waals surface area contributed by atoms with Crippen molar-refractivity contribution in [3.8, 4) is 11.1 Å². The molecule has 0 aliphatic heterocycles. The molecule has 0 saturated heterocycles. The molecule has 0 bridgehead atoms. The zero-order chi connectivity index (χ0) is 19.6. The zero-order valence-electron chi connectivity index (χ0n) is 15.8. The van der Waals surface area contributed by atoms with E-state index < -0.39 is 0 Å². The molecule has 138 valence electrons. The Hall–Kier alpha value is -3.18. The van der Waals surface area contributed by atoms with Gasteiger partial charge in [-0.15, -0.1) is 0 Å². The van der Waals surface area contributed by atoms with Crippen LogP contribution in [0.25, 0.3) is 11.1 Å². The average molecular weight is 362 g/mol. The molecule has 0 aliphatic rings. The molecule has 3 rings (SSSR count). The van der Waals surface area contributed by atoms with Crippen molar-refractivity contribution in [1.29, 1.82) is 0 Å². The number of rotatable bonds is 3. The second-order valence-electron chi connectivity index (χ2n) is 5.85. The van der Waals surface area contributed by atoms with Gasteiger partial charge in [-0.3, -0.25) is 4.98 Å². The van der Waals surface area contributed by atoms with E-state index in [0.717, 1.165) is 27.9 Å². The Labute approximate surface area is 159 Å². The van der Waals surface area contributed by atoms with Gasteiger partial charge in [-0.2, -0.15) is 0 Å². The second-order valence-corrected chi connectivity index (χ2v) is 5.85. The van der Waals surface area contributed by atoms with Crippen molar-refractivity contribution >= 4 is 18.2 Å². The molecule has 0 atom stereocenters. The standard InChI is InChI=1S/C20H16FN3.C2H7N/c1-14-11-16(15-5-3-7-18(21)12-15)8-9-19(14)24-20(22-2)17-6-4-10-23-13-17;1-3-2/h3-13H,2H2,1H3;3H,1-2H3. The first kappa shape index (κ1) is 20.1. The van der Waals surface area contributed by atoms with Gasteiger partial charge in [0.1, 0.15) is 5.82 Å². The van der Waals surface area contributed by atoms with E-state index in [-0.39, 0.29) is 5.82 Å². The van der Waals surface area contributed by atoms with E-state index in [1.165, 1.54) is 12.1 Å². The molecule has 1 N–H and O–H groups in total. The van der Waals surface area contributed by atoms with Gasteiger partial charge in [0.2, 0.25) is 0 Å². The Bertz CT molecular complexity index is 921. The molecule has 0 fully saturated rings. The summed E-state index contributed by atoms with van der Waals surface area (Å²) in [5, 5.41) is 2.75. The van der Waals surface area contributed by atoms with Gasteiger partial charge in [0.15, 0.2) is 5.84 Å². The maximum absolute atomic E-state index is 13.4. The molecular weight excluding hydrogens is 339 g/mol. The van der Waals surface area contributed by atoms with Crippen molar-refractivity contribution in [3.05, 3.63) is 83.9 Å². The molecule has 4 nitrogen and oxygen atoms in total. The van der Waals surface area contributed by atoms with Crippen molar-refractivity contribution in [1.82, 2.24) is 10.3 Å². The Balaban J connectivity index is 0.000000817. The summed E-state index contributed by atoms with van der Waals surface area (Å²) in [6.07, 6.45) is 3.40. The van der Waals surface area contributed by atoms with Crippen LogP contribution in [0.2, 0.25) is 0 Å². The van der Waals surface area contributed by atoms with Crippen molar-refractivity contribution in [3.63, 3.8) is 0 Å². The number of aromatic nitrogens is 1. The molecule has 0 spiro atoms. The van der Waals surface area contributed by atoms with Crippen LogP contribution in [0.1, 0.15) is 11.1 Å². The van der Waals surface area contributed by atoms with Crippen LogP contribution in [0.5, 0.6) is 0 Å². The number of aliphatic imine (C=N–C) groups is 2. The zero-order valence-corrected chi connectivity index (χ0v) is 15.8. The van der Waals surface area contributed by atoms with Gasteiger partial charge in [0, 0.05) is 18.0 Å². The van der Waals surface area contributed by atoms with Gasteiger partial charge in [0.25, 0.3) is 0 Å². The molecular formula is C22H23FN4. The topological polar surface area (TPSA) is 49.6 Å². The van der Waals surface area contributed by atoms with E-state index in [4.69, 9.17) is 0 Å². The molecule has 27 heavy (non-hydrogen) atoms. The molecule has 3 aromatic rings. The number of benzene rings is 2. The van der Waals surface area contributed by atoms with Gasteiger partial charge in [0.05, 0.1) is 5.69 Å². The fourth-order valence-electron chi connectivity index (χ4n) is 2.43. The van der Waals surface area contributed by atoms with Gasteiger partial charge < -0.3 is 5.32 Å². The van der Waals surface area contributed by atoms with Crippen LogP contribution in [0.15, 0.2) is 77.0 Å². The molecule has 1 aromatic heterocycles. The third-order valence-corrected chi connectivity index (χ3v) is 3.65. The highest BCUT2D eigenvalue weighted by atomic mass is 19.1.